The highest BCUT2D eigenvalue weighted by Crippen LogP contribution is 2.09. The molecule has 0 aliphatic rings. The fourth-order valence-electron chi connectivity index (χ4n) is 1.14. The molecule has 1 heterocycles. The molecule has 1 aromatic carbocycles. The second kappa shape index (κ2) is 4.34. The van der Waals surface area contributed by atoms with Crippen molar-refractivity contribution < 1.29 is 4.39 Å². The van der Waals surface area contributed by atoms with Gasteiger partial charge in [-0.05, 0) is 50.6 Å². The number of benzene rings is 1. The Morgan fingerprint density at radius 2 is 1.93 bits per heavy atom. The molecular weight excluding hydrogens is 253 g/mol. The van der Waals surface area contributed by atoms with Crippen molar-refractivity contribution in [1.29, 1.82) is 0 Å². The lowest BCUT2D eigenvalue weighted by atomic mass is 10.2. The van der Waals surface area contributed by atoms with Crippen LogP contribution in [-0.4, -0.2) is 4.57 Å². The van der Waals surface area contributed by atoms with E-state index in [0.717, 1.165) is 15.9 Å². The molecule has 0 radical (unpaired) electrons. The molecular formula is C9H6FNOS3. The third-order valence-electron chi connectivity index (χ3n) is 1.88. The van der Waals surface area contributed by atoms with E-state index in [1.165, 1.54) is 27.0 Å². The number of nitrogens with zero attached hydrogens (tertiary/aromatic N) is 1. The third kappa shape index (κ3) is 2.39. The zero-order chi connectivity index (χ0) is 10.8. The van der Waals surface area contributed by atoms with Gasteiger partial charge in [-0.1, -0.05) is 12.1 Å². The van der Waals surface area contributed by atoms with E-state index in [1.807, 2.05) is 0 Å². The predicted octanol–water partition coefficient (Wildman–Crippen LogP) is 2.89. The normalized spacial score (nSPS) is 10.5. The second-order valence-electron chi connectivity index (χ2n) is 2.91. The van der Waals surface area contributed by atoms with Crippen molar-refractivity contribution in [3.05, 3.63) is 49.3 Å². The van der Waals surface area contributed by atoms with Crippen LogP contribution in [0.3, 0.4) is 0 Å². The molecule has 78 valence electrons. The Bertz CT molecular complexity index is 539. The Labute approximate surface area is 97.6 Å². The molecule has 0 aliphatic carbocycles. The molecule has 6 heteroatoms. The van der Waals surface area contributed by atoms with Crippen LogP contribution >= 0.6 is 32.9 Å². The van der Waals surface area contributed by atoms with Crippen LogP contribution in [-0.2, 0) is 6.54 Å². The molecule has 15 heavy (non-hydrogen) atoms. The largest absolute Gasteiger partial charge is 0.319 e. The summed E-state index contributed by atoms with van der Waals surface area (Å²) in [6.07, 6.45) is 0. The fourth-order valence-corrected chi connectivity index (χ4v) is 3.30. The fraction of sp³-hybridized carbons (Fsp3) is 0.111. The number of halogens is 1. The molecule has 2 rings (SSSR count). The Hall–Kier alpha value is -0.850. The molecule has 0 unspecified atom stereocenters. The average molecular weight is 259 g/mol. The zero-order valence-corrected chi connectivity index (χ0v) is 9.92. The van der Waals surface area contributed by atoms with Gasteiger partial charge in [-0.2, -0.15) is 0 Å². The lowest BCUT2D eigenvalue weighted by Crippen LogP contribution is -2.13. The first-order chi connectivity index (χ1) is 7.16. The number of hydrogen-bond donors (Lipinski definition) is 0. The molecule has 2 nitrogen and oxygen atoms in total. The van der Waals surface area contributed by atoms with Gasteiger partial charge in [-0.25, -0.2) is 4.39 Å². The Kier molecular flexibility index (Phi) is 3.08. The van der Waals surface area contributed by atoms with Gasteiger partial charge >= 0.3 is 4.87 Å². The molecule has 0 saturated heterocycles. The lowest BCUT2D eigenvalue weighted by molar-refractivity contribution is 0.626. The Morgan fingerprint density at radius 3 is 2.47 bits per heavy atom. The van der Waals surface area contributed by atoms with Gasteiger partial charge in [0.05, 0.1) is 6.54 Å². The summed E-state index contributed by atoms with van der Waals surface area (Å²) >= 11 is 5.02. The SMILES string of the molecule is O=c1ssc(=S)n1Cc1ccc(F)cc1. The van der Waals surface area contributed by atoms with Crippen molar-refractivity contribution in [3.63, 3.8) is 0 Å². The zero-order valence-electron chi connectivity index (χ0n) is 7.47. The predicted molar refractivity (Wildman–Crippen MR) is 62.8 cm³/mol. The second-order valence-corrected chi connectivity index (χ2v) is 5.63. The van der Waals surface area contributed by atoms with Crippen molar-refractivity contribution in [2.75, 3.05) is 0 Å². The van der Waals surface area contributed by atoms with Crippen LogP contribution in [0.25, 0.3) is 0 Å². The molecule has 1 aromatic heterocycles. The van der Waals surface area contributed by atoms with Gasteiger partial charge in [-0.15, -0.1) is 0 Å². The van der Waals surface area contributed by atoms with Crippen LogP contribution in [0.5, 0.6) is 0 Å². The molecule has 0 aliphatic heterocycles. The summed E-state index contributed by atoms with van der Waals surface area (Å²) in [5, 5.41) is 0. The summed E-state index contributed by atoms with van der Waals surface area (Å²) in [6, 6.07) is 6.05. The monoisotopic (exact) mass is 259 g/mol. The van der Waals surface area contributed by atoms with Crippen molar-refractivity contribution in [3.8, 4) is 0 Å². The smallest absolute Gasteiger partial charge is 0.276 e. The van der Waals surface area contributed by atoms with E-state index < -0.39 is 0 Å². The number of aromatic nitrogens is 1. The van der Waals surface area contributed by atoms with Crippen LogP contribution in [0.15, 0.2) is 29.1 Å². The van der Waals surface area contributed by atoms with Crippen molar-refractivity contribution in [2.24, 2.45) is 0 Å². The quantitative estimate of drug-likeness (QED) is 0.611. The summed E-state index contributed by atoms with van der Waals surface area (Å²) in [5.41, 5.74) is 0.871. The third-order valence-corrected chi connectivity index (χ3v) is 4.63. The summed E-state index contributed by atoms with van der Waals surface area (Å²) < 4.78 is 14.7. The summed E-state index contributed by atoms with van der Waals surface area (Å²) in [6.45, 7) is 0.415. The van der Waals surface area contributed by atoms with Crippen LogP contribution in [0, 0.1) is 9.77 Å². The first-order valence-corrected chi connectivity index (χ1v) is 6.67. The van der Waals surface area contributed by atoms with E-state index >= 15 is 0 Å². The van der Waals surface area contributed by atoms with Crippen molar-refractivity contribution in [2.45, 2.75) is 6.54 Å². The van der Waals surface area contributed by atoms with Crippen molar-refractivity contribution >= 4 is 32.9 Å². The van der Waals surface area contributed by atoms with E-state index in [2.05, 4.69) is 0 Å². The first kappa shape index (κ1) is 10.7. The first-order valence-electron chi connectivity index (χ1n) is 4.11. The highest BCUT2D eigenvalue weighted by molar-refractivity contribution is 7.79. The topological polar surface area (TPSA) is 22.0 Å². The summed E-state index contributed by atoms with van der Waals surface area (Å²) in [5.74, 6) is -0.280. The minimum atomic E-state index is -0.280. The van der Waals surface area contributed by atoms with E-state index in [0.29, 0.717) is 10.5 Å². The van der Waals surface area contributed by atoms with Crippen LogP contribution in [0.4, 0.5) is 4.39 Å². The van der Waals surface area contributed by atoms with Gasteiger partial charge in [0.25, 0.3) is 0 Å². The highest BCUT2D eigenvalue weighted by Gasteiger charge is 2.02. The van der Waals surface area contributed by atoms with E-state index in [-0.39, 0.29) is 10.7 Å². The van der Waals surface area contributed by atoms with Gasteiger partial charge in [0, 0.05) is 0 Å². The summed E-state index contributed by atoms with van der Waals surface area (Å²) in [4.78, 5) is 11.3. The maximum Gasteiger partial charge on any atom is 0.319 e. The molecule has 0 spiro atoms. The van der Waals surface area contributed by atoms with Gasteiger partial charge in [-0.3, -0.25) is 9.36 Å². The standard InChI is InChI=1S/C9H6FNOS3/c10-7-3-1-6(2-4-7)5-11-8(12)14-15-9(11)13/h1-4H,5H2. The average Bonchev–Trinajstić information content (AvgIpc) is 2.53. The maximum absolute atomic E-state index is 12.6. The van der Waals surface area contributed by atoms with Crippen LogP contribution in [0.1, 0.15) is 5.56 Å². The van der Waals surface area contributed by atoms with Gasteiger partial charge in [0.2, 0.25) is 0 Å². The van der Waals surface area contributed by atoms with E-state index in [1.54, 1.807) is 12.1 Å². The molecule has 0 amide bonds. The highest BCUT2D eigenvalue weighted by atomic mass is 32.9. The van der Waals surface area contributed by atoms with E-state index in [4.69, 9.17) is 12.2 Å². The van der Waals surface area contributed by atoms with Gasteiger partial charge in [0.15, 0.2) is 3.95 Å². The molecule has 2 aromatic rings. The molecule has 0 saturated carbocycles. The number of rotatable bonds is 2. The van der Waals surface area contributed by atoms with Crippen LogP contribution in [0.2, 0.25) is 0 Å². The molecule has 0 atom stereocenters. The molecule has 0 fully saturated rings. The van der Waals surface area contributed by atoms with Gasteiger partial charge in [0.1, 0.15) is 5.82 Å². The Balaban J connectivity index is 2.34. The van der Waals surface area contributed by atoms with E-state index in [9.17, 15) is 9.18 Å². The van der Waals surface area contributed by atoms with Crippen LogP contribution < -0.4 is 4.87 Å². The summed E-state index contributed by atoms with van der Waals surface area (Å²) in [7, 11) is 2.41. The van der Waals surface area contributed by atoms with Gasteiger partial charge < -0.3 is 0 Å². The molecule has 0 bridgehead atoms. The van der Waals surface area contributed by atoms with Crippen molar-refractivity contribution in [1.82, 2.24) is 4.57 Å². The molecule has 0 N–H and O–H groups in total. The Morgan fingerprint density at radius 1 is 1.27 bits per heavy atom. The lowest BCUT2D eigenvalue weighted by Gasteiger charge is -2.00. The maximum atomic E-state index is 12.6. The number of hydrogen-bond acceptors (Lipinski definition) is 4. The minimum absolute atomic E-state index is 0.0608. The minimum Gasteiger partial charge on any atom is -0.276 e.